The van der Waals surface area contributed by atoms with E-state index in [1.54, 1.807) is 0 Å². The first-order valence-corrected chi connectivity index (χ1v) is 9.68. The highest BCUT2D eigenvalue weighted by atomic mass is 32.2. The molecule has 0 saturated heterocycles. The van der Waals surface area contributed by atoms with Crippen LogP contribution in [0.4, 0.5) is 0 Å². The number of thioether (sulfide) groups is 1. The lowest BCUT2D eigenvalue weighted by Gasteiger charge is -2.23. The zero-order chi connectivity index (χ0) is 17.5. The van der Waals surface area contributed by atoms with E-state index < -0.39 is 0 Å². The van der Waals surface area contributed by atoms with Crippen molar-refractivity contribution in [2.45, 2.75) is 50.6 Å². The largest absolute Gasteiger partial charge is 0.356 e. The van der Waals surface area contributed by atoms with Crippen molar-refractivity contribution in [3.05, 3.63) is 21.7 Å². The first-order chi connectivity index (χ1) is 11.5. The molecule has 0 fully saturated rings. The van der Waals surface area contributed by atoms with Gasteiger partial charge in [-0.15, -0.1) is 0 Å². The lowest BCUT2D eigenvalue weighted by atomic mass is 9.97. The zero-order valence-electron chi connectivity index (χ0n) is 14.9. The minimum Gasteiger partial charge on any atom is -0.356 e. The Morgan fingerprint density at radius 3 is 2.79 bits per heavy atom. The average Bonchev–Trinajstić information content (AvgIpc) is 2.55. The molecule has 6 nitrogen and oxygen atoms in total. The molecule has 1 aromatic heterocycles. The van der Waals surface area contributed by atoms with Crippen molar-refractivity contribution in [1.29, 1.82) is 0 Å². The van der Waals surface area contributed by atoms with E-state index in [1.807, 2.05) is 25.6 Å². The molecule has 0 aromatic carbocycles. The number of aromatic nitrogens is 2. The van der Waals surface area contributed by atoms with Gasteiger partial charge < -0.3 is 10.2 Å². The number of carbonyl (C=O) groups is 1. The fourth-order valence-corrected chi connectivity index (χ4v) is 3.93. The molecule has 2 rings (SSSR count). The highest BCUT2D eigenvalue weighted by Crippen LogP contribution is 2.28. The molecule has 1 amide bonds. The van der Waals surface area contributed by atoms with Crippen LogP contribution in [0, 0.1) is 0 Å². The van der Waals surface area contributed by atoms with Crippen LogP contribution in [0.3, 0.4) is 0 Å². The Morgan fingerprint density at radius 2 is 2.08 bits per heavy atom. The van der Waals surface area contributed by atoms with Gasteiger partial charge in [-0.1, -0.05) is 11.8 Å². The Labute approximate surface area is 148 Å². The molecule has 0 bridgehead atoms. The van der Waals surface area contributed by atoms with Crippen molar-refractivity contribution in [2.24, 2.45) is 0 Å². The van der Waals surface area contributed by atoms with Crippen LogP contribution in [0.15, 0.2) is 9.82 Å². The third-order valence-corrected chi connectivity index (χ3v) is 5.17. The second kappa shape index (κ2) is 9.22. The van der Waals surface area contributed by atoms with Gasteiger partial charge in [0, 0.05) is 24.3 Å². The number of hydrogen-bond acceptors (Lipinski definition) is 5. The third kappa shape index (κ3) is 5.08. The van der Waals surface area contributed by atoms with E-state index in [9.17, 15) is 9.59 Å². The van der Waals surface area contributed by atoms with Gasteiger partial charge >= 0.3 is 5.69 Å². The number of nitrogens with zero attached hydrogens (tertiary/aromatic N) is 3. The van der Waals surface area contributed by atoms with Gasteiger partial charge in [-0.25, -0.2) is 4.79 Å². The van der Waals surface area contributed by atoms with E-state index in [2.05, 4.69) is 15.2 Å². The minimum absolute atomic E-state index is 0.0102. The Hall–Kier alpha value is -1.34. The molecule has 0 radical (unpaired) electrons. The first kappa shape index (κ1) is 19.0. The van der Waals surface area contributed by atoms with Crippen LogP contribution in [0.5, 0.6) is 0 Å². The van der Waals surface area contributed by atoms with Crippen molar-refractivity contribution < 1.29 is 4.79 Å². The molecule has 0 spiro atoms. The van der Waals surface area contributed by atoms with Crippen LogP contribution in [0.25, 0.3) is 0 Å². The topological polar surface area (TPSA) is 67.2 Å². The summed E-state index contributed by atoms with van der Waals surface area (Å²) in [7, 11) is 4.08. The molecular weight excluding hydrogens is 324 g/mol. The predicted molar refractivity (Wildman–Crippen MR) is 97.7 cm³/mol. The molecule has 1 aliphatic carbocycles. The van der Waals surface area contributed by atoms with Crippen molar-refractivity contribution >= 4 is 17.7 Å². The van der Waals surface area contributed by atoms with Crippen molar-refractivity contribution in [3.63, 3.8) is 0 Å². The van der Waals surface area contributed by atoms with Crippen LogP contribution in [0.1, 0.15) is 37.4 Å². The number of fused-ring (bicyclic) bond motifs is 1. The average molecular weight is 353 g/mol. The van der Waals surface area contributed by atoms with Gasteiger partial charge in [-0.2, -0.15) is 4.98 Å². The van der Waals surface area contributed by atoms with E-state index in [-0.39, 0.29) is 11.6 Å². The van der Waals surface area contributed by atoms with Gasteiger partial charge in [0.15, 0.2) is 0 Å². The summed E-state index contributed by atoms with van der Waals surface area (Å²) < 4.78 is 1.86. The standard InChI is InChI=1S/C17H28N4O2S/c1-4-18-15(22)12-24-16-13-8-5-6-9-14(13)21(17(23)19-16)11-7-10-20(2)3/h4-12H2,1-3H3,(H,18,22). The lowest BCUT2D eigenvalue weighted by Crippen LogP contribution is -2.31. The van der Waals surface area contributed by atoms with E-state index in [0.29, 0.717) is 18.8 Å². The first-order valence-electron chi connectivity index (χ1n) is 8.69. The summed E-state index contributed by atoms with van der Waals surface area (Å²) in [6.07, 6.45) is 5.06. The van der Waals surface area contributed by atoms with E-state index in [4.69, 9.17) is 0 Å². The fourth-order valence-electron chi connectivity index (χ4n) is 3.02. The Balaban J connectivity index is 2.19. The summed E-state index contributed by atoms with van der Waals surface area (Å²) >= 11 is 1.39. The molecule has 1 heterocycles. The number of amides is 1. The normalized spacial score (nSPS) is 13.8. The molecule has 1 aliphatic rings. The van der Waals surface area contributed by atoms with Crippen LogP contribution in [0.2, 0.25) is 0 Å². The van der Waals surface area contributed by atoms with E-state index >= 15 is 0 Å². The zero-order valence-corrected chi connectivity index (χ0v) is 15.7. The monoisotopic (exact) mass is 352 g/mol. The van der Waals surface area contributed by atoms with Gasteiger partial charge in [0.05, 0.1) is 5.75 Å². The minimum atomic E-state index is -0.173. The maximum absolute atomic E-state index is 12.5. The highest BCUT2D eigenvalue weighted by Gasteiger charge is 2.20. The fraction of sp³-hybridized carbons (Fsp3) is 0.706. The molecule has 0 saturated carbocycles. The van der Waals surface area contributed by atoms with Gasteiger partial charge in [-0.3, -0.25) is 9.36 Å². The van der Waals surface area contributed by atoms with Crippen LogP contribution < -0.4 is 11.0 Å². The molecule has 1 aromatic rings. The second-order valence-electron chi connectivity index (χ2n) is 6.38. The summed E-state index contributed by atoms with van der Waals surface area (Å²) in [6.45, 7) is 4.19. The maximum Gasteiger partial charge on any atom is 0.348 e. The molecule has 24 heavy (non-hydrogen) atoms. The van der Waals surface area contributed by atoms with Gasteiger partial charge in [-0.05, 0) is 59.7 Å². The van der Waals surface area contributed by atoms with Crippen molar-refractivity contribution in [2.75, 3.05) is 32.9 Å². The Kier molecular flexibility index (Phi) is 7.30. The number of hydrogen-bond donors (Lipinski definition) is 1. The van der Waals surface area contributed by atoms with Crippen molar-refractivity contribution in [3.8, 4) is 0 Å². The quantitative estimate of drug-likeness (QED) is 0.564. The second-order valence-corrected chi connectivity index (χ2v) is 7.35. The predicted octanol–water partition coefficient (Wildman–Crippen LogP) is 1.30. The Bertz CT molecular complexity index is 628. The maximum atomic E-state index is 12.5. The summed E-state index contributed by atoms with van der Waals surface area (Å²) in [4.78, 5) is 30.6. The number of carbonyl (C=O) groups excluding carboxylic acids is 1. The van der Waals surface area contributed by atoms with Gasteiger partial charge in [0.1, 0.15) is 5.03 Å². The smallest absolute Gasteiger partial charge is 0.348 e. The highest BCUT2D eigenvalue weighted by molar-refractivity contribution is 7.99. The molecule has 1 N–H and O–H groups in total. The summed E-state index contributed by atoms with van der Waals surface area (Å²) in [5.74, 6) is 0.307. The van der Waals surface area contributed by atoms with Crippen LogP contribution >= 0.6 is 11.8 Å². The molecule has 7 heteroatoms. The lowest BCUT2D eigenvalue weighted by molar-refractivity contribution is -0.118. The van der Waals surface area contributed by atoms with Crippen LogP contribution in [-0.4, -0.2) is 53.3 Å². The van der Waals surface area contributed by atoms with E-state index in [1.165, 1.54) is 17.3 Å². The van der Waals surface area contributed by atoms with E-state index in [0.717, 1.165) is 49.4 Å². The SMILES string of the molecule is CCNC(=O)CSc1nc(=O)n(CCCN(C)C)c2c1CCCC2. The molecule has 134 valence electrons. The summed E-state index contributed by atoms with van der Waals surface area (Å²) in [6, 6.07) is 0. The number of nitrogens with one attached hydrogen (secondary N) is 1. The van der Waals surface area contributed by atoms with Crippen LogP contribution in [-0.2, 0) is 24.2 Å². The van der Waals surface area contributed by atoms with Gasteiger partial charge in [0.2, 0.25) is 5.91 Å². The molecular formula is C17H28N4O2S. The van der Waals surface area contributed by atoms with Crippen molar-refractivity contribution in [1.82, 2.24) is 19.8 Å². The summed E-state index contributed by atoms with van der Waals surface area (Å²) in [5, 5.41) is 3.54. The van der Waals surface area contributed by atoms with Gasteiger partial charge in [0.25, 0.3) is 0 Å². The molecule has 0 atom stereocenters. The molecule has 0 unspecified atom stereocenters. The Morgan fingerprint density at radius 1 is 1.33 bits per heavy atom. The molecule has 0 aliphatic heterocycles. The number of rotatable bonds is 8. The third-order valence-electron chi connectivity index (χ3n) is 4.15. The summed E-state index contributed by atoms with van der Waals surface area (Å²) in [5.41, 5.74) is 2.14.